The molecule has 0 aromatic heterocycles. The first-order valence-corrected chi connectivity index (χ1v) is 8.39. The van der Waals surface area contributed by atoms with Gasteiger partial charge in [-0.1, -0.05) is 51.6 Å². The minimum atomic E-state index is -0.401. The molecule has 0 rings (SSSR count). The van der Waals surface area contributed by atoms with Gasteiger partial charge in [-0.3, -0.25) is 0 Å². The summed E-state index contributed by atoms with van der Waals surface area (Å²) >= 11 is 5.79. The number of unbranched alkanes of at least 4 members (excludes halogenated alkanes) is 2. The van der Waals surface area contributed by atoms with E-state index in [4.69, 9.17) is 11.6 Å². The van der Waals surface area contributed by atoms with Crippen LogP contribution in [0.2, 0.25) is 18.1 Å². The van der Waals surface area contributed by atoms with Crippen molar-refractivity contribution in [1.29, 1.82) is 0 Å². The topological polar surface area (TPSA) is 0 Å². The van der Waals surface area contributed by atoms with E-state index in [-0.39, 0.29) is 0 Å². The van der Waals surface area contributed by atoms with Crippen LogP contribution in [-0.2, 0) is 0 Å². The molecule has 0 bridgehead atoms. The molecule has 2 heteroatoms. The summed E-state index contributed by atoms with van der Waals surface area (Å²) < 4.78 is 0. The molecule has 0 N–H and O–H groups in total. The monoisotopic (exact) mass is 206 g/mol. The Balaban J connectivity index is 3.40. The first kappa shape index (κ1) is 12.5. The van der Waals surface area contributed by atoms with E-state index in [1.54, 1.807) is 0 Å². The summed E-state index contributed by atoms with van der Waals surface area (Å²) in [7, 11) is -0.401. The zero-order valence-electron chi connectivity index (χ0n) is 8.61. The maximum Gasteiger partial charge on any atom is 0.0379 e. The van der Waals surface area contributed by atoms with E-state index in [0.717, 1.165) is 5.88 Å². The van der Waals surface area contributed by atoms with Gasteiger partial charge < -0.3 is 0 Å². The number of halogens is 1. The Morgan fingerprint density at radius 3 is 1.75 bits per heavy atom. The van der Waals surface area contributed by atoms with Crippen molar-refractivity contribution in [1.82, 2.24) is 0 Å². The molecule has 0 amide bonds. The number of rotatable bonds is 8. The summed E-state index contributed by atoms with van der Waals surface area (Å²) in [5.74, 6) is 0.907. The summed E-state index contributed by atoms with van der Waals surface area (Å²) in [6.07, 6.45) is 5.60. The van der Waals surface area contributed by atoms with Crippen molar-refractivity contribution in [3.8, 4) is 0 Å². The van der Waals surface area contributed by atoms with Crippen LogP contribution < -0.4 is 0 Å². The fraction of sp³-hybridized carbons (Fsp3) is 1.00. The van der Waals surface area contributed by atoms with Crippen LogP contribution in [0.15, 0.2) is 0 Å². The largest absolute Gasteiger partial charge is 0.127 e. The predicted octanol–water partition coefficient (Wildman–Crippen LogP) is 4.05. The minimum absolute atomic E-state index is 0.401. The SMILES string of the molecule is CCCC[SiH](CCCl)CCCC. The van der Waals surface area contributed by atoms with Crippen LogP contribution in [0.5, 0.6) is 0 Å². The van der Waals surface area contributed by atoms with Gasteiger partial charge in [0.25, 0.3) is 0 Å². The third kappa shape index (κ3) is 7.17. The lowest BCUT2D eigenvalue weighted by molar-refractivity contribution is 0.837. The highest BCUT2D eigenvalue weighted by atomic mass is 35.5. The summed E-state index contributed by atoms with van der Waals surface area (Å²) in [6.45, 7) is 4.57. The Morgan fingerprint density at radius 2 is 1.42 bits per heavy atom. The molecular formula is C10H23ClSi. The lowest BCUT2D eigenvalue weighted by atomic mass is 10.4. The highest BCUT2D eigenvalue weighted by Gasteiger charge is 2.07. The average Bonchev–Trinajstić information content (AvgIpc) is 2.10. The Bertz CT molecular complexity index is 77.9. The Kier molecular flexibility index (Phi) is 10.00. The highest BCUT2D eigenvalue weighted by Crippen LogP contribution is 2.14. The van der Waals surface area contributed by atoms with E-state index in [1.165, 1.54) is 43.8 Å². The molecular weight excluding hydrogens is 184 g/mol. The van der Waals surface area contributed by atoms with Crippen molar-refractivity contribution >= 4 is 20.4 Å². The van der Waals surface area contributed by atoms with Gasteiger partial charge in [-0.25, -0.2) is 0 Å². The Labute approximate surface area is 84.3 Å². The lowest BCUT2D eigenvalue weighted by Gasteiger charge is -2.12. The maximum absolute atomic E-state index is 5.79. The average molecular weight is 207 g/mol. The van der Waals surface area contributed by atoms with Gasteiger partial charge in [-0.05, 0) is 6.04 Å². The zero-order valence-corrected chi connectivity index (χ0v) is 10.5. The molecule has 0 saturated carbocycles. The smallest absolute Gasteiger partial charge is 0.0379 e. The summed E-state index contributed by atoms with van der Waals surface area (Å²) in [5.41, 5.74) is 0. The van der Waals surface area contributed by atoms with Gasteiger partial charge in [-0.2, -0.15) is 0 Å². The molecule has 0 aromatic rings. The number of hydrogen-bond acceptors (Lipinski definition) is 0. The molecule has 0 nitrogen and oxygen atoms in total. The lowest BCUT2D eigenvalue weighted by Crippen LogP contribution is -2.12. The van der Waals surface area contributed by atoms with Crippen molar-refractivity contribution in [3.63, 3.8) is 0 Å². The standard InChI is InChI=1S/C10H23ClSi/c1-3-5-8-12(10-7-11)9-6-4-2/h12H,3-10H2,1-2H3. The van der Waals surface area contributed by atoms with Gasteiger partial charge >= 0.3 is 0 Å². The quantitative estimate of drug-likeness (QED) is 0.415. The van der Waals surface area contributed by atoms with Gasteiger partial charge in [0.1, 0.15) is 0 Å². The normalized spacial score (nSPS) is 11.0. The van der Waals surface area contributed by atoms with Crippen LogP contribution >= 0.6 is 11.6 Å². The molecule has 0 fully saturated rings. The van der Waals surface area contributed by atoms with Gasteiger partial charge in [0.15, 0.2) is 0 Å². The molecule has 0 aliphatic rings. The van der Waals surface area contributed by atoms with Crippen LogP contribution in [-0.4, -0.2) is 14.7 Å². The van der Waals surface area contributed by atoms with E-state index in [0.29, 0.717) is 0 Å². The second-order valence-corrected chi connectivity index (χ2v) is 7.47. The van der Waals surface area contributed by atoms with Crippen molar-refractivity contribution in [3.05, 3.63) is 0 Å². The third-order valence-electron chi connectivity index (χ3n) is 2.45. The van der Waals surface area contributed by atoms with Crippen molar-refractivity contribution in [2.24, 2.45) is 0 Å². The molecule has 0 atom stereocenters. The van der Waals surface area contributed by atoms with Crippen molar-refractivity contribution in [2.75, 3.05) is 5.88 Å². The van der Waals surface area contributed by atoms with Gasteiger partial charge in [0.05, 0.1) is 0 Å². The molecule has 0 spiro atoms. The van der Waals surface area contributed by atoms with E-state index >= 15 is 0 Å². The third-order valence-corrected chi connectivity index (χ3v) is 6.59. The Hall–Kier alpha value is 0.507. The predicted molar refractivity (Wildman–Crippen MR) is 62.1 cm³/mol. The summed E-state index contributed by atoms with van der Waals surface area (Å²) in [5, 5.41) is 0. The van der Waals surface area contributed by atoms with Crippen molar-refractivity contribution < 1.29 is 0 Å². The van der Waals surface area contributed by atoms with E-state index in [2.05, 4.69) is 13.8 Å². The van der Waals surface area contributed by atoms with Crippen LogP contribution in [0.4, 0.5) is 0 Å². The van der Waals surface area contributed by atoms with Crippen LogP contribution in [0, 0.1) is 0 Å². The van der Waals surface area contributed by atoms with Gasteiger partial charge in [0, 0.05) is 14.7 Å². The minimum Gasteiger partial charge on any atom is -0.127 e. The fourth-order valence-corrected chi connectivity index (χ4v) is 5.64. The van der Waals surface area contributed by atoms with E-state index in [1.807, 2.05) is 0 Å². The maximum atomic E-state index is 5.79. The summed E-state index contributed by atoms with van der Waals surface area (Å²) in [4.78, 5) is 0. The van der Waals surface area contributed by atoms with Crippen molar-refractivity contribution in [2.45, 2.75) is 57.7 Å². The molecule has 0 unspecified atom stereocenters. The molecule has 74 valence electrons. The molecule has 0 aliphatic heterocycles. The van der Waals surface area contributed by atoms with Crippen LogP contribution in [0.1, 0.15) is 39.5 Å². The molecule has 0 saturated heterocycles. The first-order chi connectivity index (χ1) is 5.85. The summed E-state index contributed by atoms with van der Waals surface area (Å²) in [6, 6.07) is 4.42. The molecule has 0 aromatic carbocycles. The zero-order chi connectivity index (χ0) is 9.23. The van der Waals surface area contributed by atoms with E-state index < -0.39 is 8.80 Å². The van der Waals surface area contributed by atoms with Crippen LogP contribution in [0.3, 0.4) is 0 Å². The fourth-order valence-electron chi connectivity index (χ4n) is 1.57. The molecule has 0 radical (unpaired) electrons. The van der Waals surface area contributed by atoms with Gasteiger partial charge in [0.2, 0.25) is 0 Å². The molecule has 0 heterocycles. The Morgan fingerprint density at radius 1 is 0.917 bits per heavy atom. The number of hydrogen-bond donors (Lipinski definition) is 0. The molecule has 12 heavy (non-hydrogen) atoms. The second-order valence-electron chi connectivity index (χ2n) is 3.63. The van der Waals surface area contributed by atoms with Gasteiger partial charge in [-0.15, -0.1) is 11.6 Å². The highest BCUT2D eigenvalue weighted by molar-refractivity contribution is 6.59. The first-order valence-electron chi connectivity index (χ1n) is 5.41. The van der Waals surface area contributed by atoms with Crippen LogP contribution in [0.25, 0.3) is 0 Å². The van der Waals surface area contributed by atoms with E-state index in [9.17, 15) is 0 Å². The molecule has 0 aliphatic carbocycles. The second kappa shape index (κ2) is 9.59. The number of alkyl halides is 1.